The third-order valence-electron chi connectivity index (χ3n) is 6.05. The Balaban J connectivity index is 1.40. The molecule has 0 amide bonds. The van der Waals surface area contributed by atoms with Crippen molar-refractivity contribution in [1.82, 2.24) is 9.97 Å². The van der Waals surface area contributed by atoms with Crippen molar-refractivity contribution in [3.05, 3.63) is 60.2 Å². The fourth-order valence-corrected chi connectivity index (χ4v) is 4.20. The Bertz CT molecular complexity index is 1470. The quantitative estimate of drug-likeness (QED) is 0.314. The lowest BCUT2D eigenvalue weighted by Crippen LogP contribution is -2.31. The maximum atomic E-state index is 13.2. The number of allylic oxidation sites excluding steroid dienone is 2. The van der Waals surface area contributed by atoms with E-state index in [-0.39, 0.29) is 29.8 Å². The fourth-order valence-electron chi connectivity index (χ4n) is 4.20. The van der Waals surface area contributed by atoms with Crippen LogP contribution in [-0.4, -0.2) is 62.3 Å². The van der Waals surface area contributed by atoms with E-state index >= 15 is 0 Å². The van der Waals surface area contributed by atoms with Crippen LogP contribution < -0.4 is 29.2 Å². The van der Waals surface area contributed by atoms with Crippen LogP contribution in [0.15, 0.2) is 60.2 Å². The summed E-state index contributed by atoms with van der Waals surface area (Å²) in [7, 11) is 3.12. The van der Waals surface area contributed by atoms with Gasteiger partial charge in [0.25, 0.3) is 0 Å². The SMILES string of the molecule is CCN(C1=CC(=O)C(Nc2ncnc3cc(OCCOC)c(OC)cc23)=CC1=O)c1ccc2c(c1)OCO2. The summed E-state index contributed by atoms with van der Waals surface area (Å²) in [5, 5.41) is 3.59. The summed E-state index contributed by atoms with van der Waals surface area (Å²) in [6, 6.07) is 8.83. The Morgan fingerprint density at radius 3 is 2.61 bits per heavy atom. The van der Waals surface area contributed by atoms with E-state index < -0.39 is 0 Å². The smallest absolute Gasteiger partial charge is 0.231 e. The van der Waals surface area contributed by atoms with E-state index in [0.717, 1.165) is 0 Å². The highest BCUT2D eigenvalue weighted by molar-refractivity contribution is 6.22. The van der Waals surface area contributed by atoms with Gasteiger partial charge in [0.2, 0.25) is 18.4 Å². The Morgan fingerprint density at radius 1 is 0.974 bits per heavy atom. The van der Waals surface area contributed by atoms with E-state index in [2.05, 4.69) is 15.3 Å². The third-order valence-corrected chi connectivity index (χ3v) is 6.05. The molecule has 38 heavy (non-hydrogen) atoms. The molecule has 1 N–H and O–H groups in total. The van der Waals surface area contributed by atoms with Crippen LogP contribution in [0.1, 0.15) is 6.92 Å². The molecule has 0 saturated carbocycles. The van der Waals surface area contributed by atoms with Crippen molar-refractivity contribution in [2.24, 2.45) is 0 Å². The number of hydrogen-bond acceptors (Lipinski definition) is 11. The van der Waals surface area contributed by atoms with Crippen LogP contribution in [0.5, 0.6) is 23.0 Å². The summed E-state index contributed by atoms with van der Waals surface area (Å²) in [4.78, 5) is 36.6. The molecule has 2 heterocycles. The van der Waals surface area contributed by atoms with Gasteiger partial charge in [-0.05, 0) is 25.1 Å². The number of nitrogens with one attached hydrogen (secondary N) is 1. The number of rotatable bonds is 10. The summed E-state index contributed by atoms with van der Waals surface area (Å²) in [5.41, 5.74) is 1.64. The number of ketones is 2. The van der Waals surface area contributed by atoms with Gasteiger partial charge < -0.3 is 33.9 Å². The highest BCUT2D eigenvalue weighted by atomic mass is 16.7. The number of ether oxygens (including phenoxy) is 5. The number of hydrogen-bond donors (Lipinski definition) is 1. The molecule has 1 aliphatic carbocycles. The van der Waals surface area contributed by atoms with Crippen LogP contribution >= 0.6 is 0 Å². The van der Waals surface area contributed by atoms with E-state index in [1.54, 1.807) is 36.3 Å². The van der Waals surface area contributed by atoms with Gasteiger partial charge in [0.1, 0.15) is 18.8 Å². The van der Waals surface area contributed by atoms with E-state index in [1.165, 1.54) is 25.6 Å². The second-order valence-electron chi connectivity index (χ2n) is 8.31. The van der Waals surface area contributed by atoms with Crippen molar-refractivity contribution in [2.45, 2.75) is 6.92 Å². The molecule has 1 aliphatic heterocycles. The monoisotopic (exact) mass is 518 g/mol. The van der Waals surface area contributed by atoms with Crippen molar-refractivity contribution in [1.29, 1.82) is 0 Å². The van der Waals surface area contributed by atoms with Crippen molar-refractivity contribution < 1.29 is 33.3 Å². The van der Waals surface area contributed by atoms with Gasteiger partial charge in [0.15, 0.2) is 23.0 Å². The van der Waals surface area contributed by atoms with Crippen molar-refractivity contribution in [3.8, 4) is 23.0 Å². The molecular formula is C27H26N4O7. The number of anilines is 2. The van der Waals surface area contributed by atoms with Crippen LogP contribution in [0.3, 0.4) is 0 Å². The molecule has 11 heteroatoms. The Labute approximate surface area is 218 Å². The summed E-state index contributed by atoms with van der Waals surface area (Å²) in [6.07, 6.45) is 3.97. The lowest BCUT2D eigenvalue weighted by atomic mass is 10.0. The molecule has 3 aromatic rings. The molecule has 2 aromatic carbocycles. The number of likely N-dealkylation sites (N-methyl/N-ethyl adjacent to an activating group) is 1. The molecule has 0 bridgehead atoms. The first-order valence-electron chi connectivity index (χ1n) is 11.9. The topological polar surface area (TPSA) is 121 Å². The van der Waals surface area contributed by atoms with Crippen LogP contribution in [0.25, 0.3) is 10.9 Å². The number of fused-ring (bicyclic) bond motifs is 2. The maximum Gasteiger partial charge on any atom is 0.231 e. The second-order valence-corrected chi connectivity index (χ2v) is 8.31. The van der Waals surface area contributed by atoms with E-state index in [9.17, 15) is 9.59 Å². The van der Waals surface area contributed by atoms with Crippen LogP contribution in [0.2, 0.25) is 0 Å². The average molecular weight is 519 g/mol. The van der Waals surface area contributed by atoms with Gasteiger partial charge in [0, 0.05) is 49.0 Å². The van der Waals surface area contributed by atoms with Crippen LogP contribution in [0, 0.1) is 0 Å². The minimum absolute atomic E-state index is 0.0971. The predicted octanol–water partition coefficient (Wildman–Crippen LogP) is 3.25. The van der Waals surface area contributed by atoms with Crippen molar-refractivity contribution in [2.75, 3.05) is 51.0 Å². The summed E-state index contributed by atoms with van der Waals surface area (Å²) in [6.45, 7) is 3.27. The second kappa shape index (κ2) is 10.8. The molecule has 0 saturated heterocycles. The van der Waals surface area contributed by atoms with Gasteiger partial charge in [-0.1, -0.05) is 0 Å². The third kappa shape index (κ3) is 4.83. The molecular weight excluding hydrogens is 492 g/mol. The number of carbonyl (C=O) groups excluding carboxylic acids is 2. The number of benzene rings is 2. The molecule has 11 nitrogen and oxygen atoms in total. The molecule has 2 aliphatic rings. The number of carbonyl (C=O) groups is 2. The van der Waals surface area contributed by atoms with Crippen LogP contribution in [-0.2, 0) is 14.3 Å². The first-order valence-corrected chi connectivity index (χ1v) is 11.9. The van der Waals surface area contributed by atoms with Gasteiger partial charge >= 0.3 is 0 Å². The highest BCUT2D eigenvalue weighted by Crippen LogP contribution is 2.37. The summed E-state index contributed by atoms with van der Waals surface area (Å²) in [5.74, 6) is 1.86. The number of methoxy groups -OCH3 is 2. The van der Waals surface area contributed by atoms with Crippen molar-refractivity contribution in [3.63, 3.8) is 0 Å². The molecule has 1 aromatic heterocycles. The maximum absolute atomic E-state index is 13.2. The number of nitrogens with zero attached hydrogens (tertiary/aromatic N) is 3. The molecule has 5 rings (SSSR count). The molecule has 0 radical (unpaired) electrons. The minimum atomic E-state index is -0.364. The summed E-state index contributed by atoms with van der Waals surface area (Å²) >= 11 is 0. The zero-order chi connectivity index (χ0) is 26.6. The van der Waals surface area contributed by atoms with Gasteiger partial charge in [-0.3, -0.25) is 9.59 Å². The Kier molecular flexibility index (Phi) is 7.09. The zero-order valence-electron chi connectivity index (χ0n) is 21.1. The molecule has 0 spiro atoms. The molecule has 0 atom stereocenters. The van der Waals surface area contributed by atoms with Crippen LogP contribution in [0.4, 0.5) is 11.5 Å². The highest BCUT2D eigenvalue weighted by Gasteiger charge is 2.27. The van der Waals surface area contributed by atoms with Gasteiger partial charge in [-0.25, -0.2) is 9.97 Å². The van der Waals surface area contributed by atoms with E-state index in [0.29, 0.717) is 65.2 Å². The zero-order valence-corrected chi connectivity index (χ0v) is 21.1. The predicted molar refractivity (Wildman–Crippen MR) is 139 cm³/mol. The lowest BCUT2D eigenvalue weighted by molar-refractivity contribution is -0.115. The largest absolute Gasteiger partial charge is 0.493 e. The van der Waals surface area contributed by atoms with E-state index in [1.807, 2.05) is 13.0 Å². The standard InChI is InChI=1S/C27H26N4O7/c1-4-31(16-5-6-23-25(9-16)38-15-37-23)20-13-21(32)19(11-22(20)33)30-27-17-10-24(35-3)26(36-8-7-34-2)12-18(17)28-14-29-27/h5-6,9-14H,4,7-8,15H2,1-3H3,(H,28,29,30). The summed E-state index contributed by atoms with van der Waals surface area (Å²) < 4.78 is 27.1. The Hall–Kier alpha value is -4.64. The number of aromatic nitrogens is 2. The Morgan fingerprint density at radius 2 is 1.82 bits per heavy atom. The normalized spacial score (nSPS) is 14.3. The lowest BCUT2D eigenvalue weighted by Gasteiger charge is -2.26. The molecule has 0 fully saturated rings. The van der Waals surface area contributed by atoms with E-state index in [4.69, 9.17) is 23.7 Å². The van der Waals surface area contributed by atoms with Gasteiger partial charge in [-0.2, -0.15) is 0 Å². The van der Waals surface area contributed by atoms with Gasteiger partial charge in [0.05, 0.1) is 30.6 Å². The first kappa shape index (κ1) is 25.0. The van der Waals surface area contributed by atoms with Gasteiger partial charge in [-0.15, -0.1) is 0 Å². The average Bonchev–Trinajstić information content (AvgIpc) is 3.40. The fraction of sp³-hybridized carbons (Fsp3) is 0.259. The first-order chi connectivity index (χ1) is 18.5. The molecule has 0 unspecified atom stereocenters. The minimum Gasteiger partial charge on any atom is -0.493 e. The van der Waals surface area contributed by atoms with Crippen molar-refractivity contribution >= 4 is 34.0 Å². The molecule has 196 valence electrons.